The van der Waals surface area contributed by atoms with Gasteiger partial charge in [0, 0.05) is 0 Å². The van der Waals surface area contributed by atoms with Crippen molar-refractivity contribution in [1.82, 2.24) is 21.3 Å². The minimum atomic E-state index is -1.65. The predicted octanol–water partition coefficient (Wildman–Crippen LogP) is -1.75. The summed E-state index contributed by atoms with van der Waals surface area (Å²) in [6, 6.07) is -6.87. The number of carbonyl (C=O) groups is 7. The van der Waals surface area contributed by atoms with Crippen LogP contribution in [0.3, 0.4) is 0 Å². The third-order valence-corrected chi connectivity index (χ3v) is 5.47. The van der Waals surface area contributed by atoms with Crippen LogP contribution in [0.5, 0.6) is 0 Å². The third-order valence-electron chi connectivity index (χ3n) is 5.47. The van der Waals surface area contributed by atoms with Gasteiger partial charge in [-0.3, -0.25) is 28.8 Å². The third kappa shape index (κ3) is 11.5. The number of amides is 4. The van der Waals surface area contributed by atoms with Gasteiger partial charge in [-0.1, -0.05) is 41.5 Å². The van der Waals surface area contributed by atoms with Crippen molar-refractivity contribution in [2.75, 3.05) is 0 Å². The van der Waals surface area contributed by atoms with Gasteiger partial charge >= 0.3 is 17.9 Å². The van der Waals surface area contributed by atoms with Gasteiger partial charge in [0.25, 0.3) is 0 Å². The lowest BCUT2D eigenvalue weighted by molar-refractivity contribution is -0.144. The van der Waals surface area contributed by atoms with Crippen LogP contribution in [0.4, 0.5) is 0 Å². The molecule has 0 aromatic heterocycles. The van der Waals surface area contributed by atoms with Crippen LogP contribution in [0.25, 0.3) is 0 Å². The summed E-state index contributed by atoms with van der Waals surface area (Å²) in [6.07, 6.45) is -1.52. The number of nitrogens with one attached hydrogen (secondary N) is 4. The average Bonchev–Trinajstić information content (AvgIpc) is 2.76. The Morgan fingerprint density at radius 2 is 0.921 bits per heavy atom. The number of carboxylic acid groups (broad SMARTS) is 3. The second-order valence-corrected chi connectivity index (χ2v) is 9.89. The van der Waals surface area contributed by atoms with Crippen LogP contribution in [-0.2, 0) is 33.6 Å². The topological polar surface area (TPSA) is 254 Å². The maximum atomic E-state index is 13.0. The molecular formula is C23H39N5O10. The molecule has 0 radical (unpaired) electrons. The molecule has 9 N–H and O–H groups in total. The molecule has 0 aromatic rings. The molecule has 0 saturated heterocycles. The summed E-state index contributed by atoms with van der Waals surface area (Å²) >= 11 is 0. The summed E-state index contributed by atoms with van der Waals surface area (Å²) in [6.45, 7) is 9.40. The molecule has 0 rings (SSSR count). The SMILES string of the molecule is CC(C)[C@H](NC(=O)[C@H](CC(=O)O)NC(=O)[C@@H](NC(=O)[C@@H](NC(=O)[C@@H](N)CC(=O)O)C(C)C)C(C)C)C(=O)O. The molecule has 0 bridgehead atoms. The molecule has 0 aliphatic heterocycles. The van der Waals surface area contributed by atoms with Gasteiger partial charge < -0.3 is 42.3 Å². The molecular weight excluding hydrogens is 506 g/mol. The minimum Gasteiger partial charge on any atom is -0.481 e. The maximum Gasteiger partial charge on any atom is 0.326 e. The second kappa shape index (κ2) is 15.5. The van der Waals surface area contributed by atoms with Gasteiger partial charge in [-0.2, -0.15) is 0 Å². The Balaban J connectivity index is 5.72. The van der Waals surface area contributed by atoms with Gasteiger partial charge in [-0.05, 0) is 17.8 Å². The fourth-order valence-electron chi connectivity index (χ4n) is 3.27. The summed E-state index contributed by atoms with van der Waals surface area (Å²) in [5, 5.41) is 36.6. The first kappa shape index (κ1) is 34.2. The molecule has 38 heavy (non-hydrogen) atoms. The summed E-state index contributed by atoms with van der Waals surface area (Å²) in [4.78, 5) is 84.5. The molecule has 0 saturated carbocycles. The van der Waals surface area contributed by atoms with E-state index in [9.17, 15) is 43.8 Å². The Labute approximate surface area is 220 Å². The van der Waals surface area contributed by atoms with E-state index in [2.05, 4.69) is 21.3 Å². The Hall–Kier alpha value is -3.75. The molecule has 15 nitrogen and oxygen atoms in total. The number of carboxylic acids is 3. The molecule has 5 atom stereocenters. The first-order valence-corrected chi connectivity index (χ1v) is 12.0. The fraction of sp³-hybridized carbons (Fsp3) is 0.696. The summed E-state index contributed by atoms with van der Waals surface area (Å²) in [5.41, 5.74) is 5.55. The summed E-state index contributed by atoms with van der Waals surface area (Å²) in [5.74, 6) is -9.31. The average molecular weight is 546 g/mol. The van der Waals surface area contributed by atoms with Crippen LogP contribution in [0.15, 0.2) is 0 Å². The van der Waals surface area contributed by atoms with Crippen LogP contribution in [0, 0.1) is 17.8 Å². The van der Waals surface area contributed by atoms with E-state index in [1.807, 2.05) is 0 Å². The second-order valence-electron chi connectivity index (χ2n) is 9.89. The van der Waals surface area contributed by atoms with Crippen molar-refractivity contribution < 1.29 is 48.9 Å². The molecule has 0 heterocycles. The number of carbonyl (C=O) groups excluding carboxylic acids is 4. The van der Waals surface area contributed by atoms with Crippen molar-refractivity contribution in [3.8, 4) is 0 Å². The van der Waals surface area contributed by atoms with E-state index in [0.717, 1.165) is 0 Å². The summed E-state index contributed by atoms with van der Waals surface area (Å²) < 4.78 is 0. The van der Waals surface area contributed by atoms with Crippen LogP contribution in [-0.4, -0.2) is 87.1 Å². The van der Waals surface area contributed by atoms with E-state index in [1.165, 1.54) is 13.8 Å². The number of rotatable bonds is 16. The van der Waals surface area contributed by atoms with E-state index in [1.54, 1.807) is 27.7 Å². The van der Waals surface area contributed by atoms with E-state index < -0.39 is 102 Å². The van der Waals surface area contributed by atoms with Gasteiger partial charge in [-0.25, -0.2) is 4.79 Å². The predicted molar refractivity (Wildman–Crippen MR) is 132 cm³/mol. The van der Waals surface area contributed by atoms with Crippen molar-refractivity contribution in [1.29, 1.82) is 0 Å². The number of hydrogen-bond donors (Lipinski definition) is 8. The highest BCUT2D eigenvalue weighted by Gasteiger charge is 2.35. The van der Waals surface area contributed by atoms with Crippen molar-refractivity contribution in [3.05, 3.63) is 0 Å². The molecule has 4 amide bonds. The molecule has 0 aromatic carbocycles. The Bertz CT molecular complexity index is 905. The molecule has 0 unspecified atom stereocenters. The molecule has 0 fully saturated rings. The van der Waals surface area contributed by atoms with E-state index in [4.69, 9.17) is 10.8 Å². The molecule has 216 valence electrons. The van der Waals surface area contributed by atoms with E-state index >= 15 is 0 Å². The van der Waals surface area contributed by atoms with Gasteiger partial charge in [0.1, 0.15) is 24.2 Å². The highest BCUT2D eigenvalue weighted by molar-refractivity contribution is 5.97. The number of aliphatic carboxylic acids is 3. The highest BCUT2D eigenvalue weighted by Crippen LogP contribution is 2.09. The van der Waals surface area contributed by atoms with Crippen LogP contribution < -0.4 is 27.0 Å². The minimum absolute atomic E-state index is 0.499. The first-order chi connectivity index (χ1) is 17.4. The fourth-order valence-corrected chi connectivity index (χ4v) is 3.27. The molecule has 0 aliphatic carbocycles. The van der Waals surface area contributed by atoms with E-state index in [-0.39, 0.29) is 0 Å². The zero-order valence-electron chi connectivity index (χ0n) is 22.3. The largest absolute Gasteiger partial charge is 0.481 e. The molecule has 0 aliphatic rings. The van der Waals surface area contributed by atoms with Crippen molar-refractivity contribution in [2.45, 2.75) is 84.6 Å². The number of hydrogen-bond acceptors (Lipinski definition) is 8. The van der Waals surface area contributed by atoms with Gasteiger partial charge in [0.15, 0.2) is 0 Å². The summed E-state index contributed by atoms with van der Waals surface area (Å²) in [7, 11) is 0. The lowest BCUT2D eigenvalue weighted by Gasteiger charge is -2.29. The van der Waals surface area contributed by atoms with Gasteiger partial charge in [0.05, 0.1) is 18.9 Å². The standard InChI is InChI=1S/C23H39N5O10/c1-9(2)16(27-22(36)17(10(3)4)26-19(33)12(24)7-14(29)30)21(35)25-13(8-15(31)32)20(34)28-18(11(5)6)23(37)38/h9-13,16-18H,7-8,24H2,1-6H3,(H,25,35)(H,26,33)(H,27,36)(H,28,34)(H,29,30)(H,31,32)(H,37,38)/t12-,13-,16-,17-,18-/m0/s1. The smallest absolute Gasteiger partial charge is 0.326 e. The molecule has 0 spiro atoms. The zero-order chi connectivity index (χ0) is 29.9. The zero-order valence-corrected chi connectivity index (χ0v) is 22.3. The van der Waals surface area contributed by atoms with E-state index in [0.29, 0.717) is 0 Å². The lowest BCUT2D eigenvalue weighted by Crippen LogP contribution is -2.61. The quantitative estimate of drug-likeness (QED) is 0.108. The van der Waals surface area contributed by atoms with Crippen LogP contribution in [0.2, 0.25) is 0 Å². The van der Waals surface area contributed by atoms with Crippen molar-refractivity contribution in [2.24, 2.45) is 23.5 Å². The van der Waals surface area contributed by atoms with Crippen molar-refractivity contribution in [3.63, 3.8) is 0 Å². The molecule has 15 heteroatoms. The Morgan fingerprint density at radius 3 is 1.29 bits per heavy atom. The normalized spacial score (nSPS) is 15.1. The monoisotopic (exact) mass is 545 g/mol. The van der Waals surface area contributed by atoms with Crippen LogP contribution >= 0.6 is 0 Å². The Kier molecular flexibility index (Phi) is 14.0. The lowest BCUT2D eigenvalue weighted by atomic mass is 9.98. The number of nitrogens with two attached hydrogens (primary N) is 1. The van der Waals surface area contributed by atoms with Gasteiger partial charge in [0.2, 0.25) is 23.6 Å². The highest BCUT2D eigenvalue weighted by atomic mass is 16.4. The Morgan fingerprint density at radius 1 is 0.553 bits per heavy atom. The first-order valence-electron chi connectivity index (χ1n) is 12.0. The van der Waals surface area contributed by atoms with Gasteiger partial charge in [-0.15, -0.1) is 0 Å². The van der Waals surface area contributed by atoms with Crippen LogP contribution in [0.1, 0.15) is 54.4 Å². The maximum absolute atomic E-state index is 13.0. The van der Waals surface area contributed by atoms with Crippen molar-refractivity contribution >= 4 is 41.5 Å².